The van der Waals surface area contributed by atoms with E-state index in [1.807, 2.05) is 39.0 Å². The van der Waals surface area contributed by atoms with Crippen LogP contribution in [0.5, 0.6) is 0 Å². The summed E-state index contributed by atoms with van der Waals surface area (Å²) in [5.41, 5.74) is 2.14. The van der Waals surface area contributed by atoms with Gasteiger partial charge in [0.2, 0.25) is 0 Å². The van der Waals surface area contributed by atoms with E-state index in [0.717, 1.165) is 5.56 Å². The van der Waals surface area contributed by atoms with Gasteiger partial charge in [-0.3, -0.25) is 14.3 Å². The van der Waals surface area contributed by atoms with Crippen LogP contribution in [-0.4, -0.2) is 21.6 Å². The van der Waals surface area contributed by atoms with Gasteiger partial charge in [0, 0.05) is 18.4 Å². The highest BCUT2D eigenvalue weighted by Gasteiger charge is 2.16. The lowest BCUT2D eigenvalue weighted by atomic mass is 10.0. The number of rotatable bonds is 4. The average molecular weight is 300 g/mol. The number of aryl methyl sites for hydroxylation is 1. The molecule has 1 heterocycles. The number of para-hydroxylation sites is 1. The molecule has 1 aromatic heterocycles. The number of aromatic nitrogens is 2. The lowest BCUT2D eigenvalue weighted by Gasteiger charge is -2.13. The molecule has 2 aromatic rings. The van der Waals surface area contributed by atoms with Gasteiger partial charge in [-0.2, -0.15) is 5.10 Å². The van der Waals surface area contributed by atoms with Gasteiger partial charge in [-0.25, -0.2) is 0 Å². The second-order valence-corrected chi connectivity index (χ2v) is 5.23. The number of benzene rings is 1. The van der Waals surface area contributed by atoms with Crippen molar-refractivity contribution in [3.8, 4) is 0 Å². The van der Waals surface area contributed by atoms with Crippen molar-refractivity contribution in [2.45, 2.75) is 33.2 Å². The van der Waals surface area contributed by atoms with Crippen LogP contribution in [0.4, 0.5) is 11.4 Å². The molecule has 0 bridgehead atoms. The summed E-state index contributed by atoms with van der Waals surface area (Å²) < 4.78 is 1.67. The summed E-state index contributed by atoms with van der Waals surface area (Å²) in [6.45, 7) is 6.70. The van der Waals surface area contributed by atoms with E-state index in [1.165, 1.54) is 6.20 Å². The zero-order chi connectivity index (χ0) is 16.1. The van der Waals surface area contributed by atoms with Crippen molar-refractivity contribution in [3.63, 3.8) is 0 Å². The van der Waals surface area contributed by atoms with Crippen molar-refractivity contribution in [1.82, 2.24) is 9.78 Å². The fourth-order valence-corrected chi connectivity index (χ4v) is 2.08. The van der Waals surface area contributed by atoms with E-state index in [2.05, 4.69) is 15.7 Å². The first-order chi connectivity index (χ1) is 10.5. The summed E-state index contributed by atoms with van der Waals surface area (Å²) in [6.07, 6.45) is 3.18. The Morgan fingerprint density at radius 2 is 1.86 bits per heavy atom. The first-order valence-corrected chi connectivity index (χ1v) is 7.25. The standard InChI is InChI=1S/C16H20N4O2/c1-4-20-10-12(9-17-20)18-15(21)16(22)19-14-8-6-5-7-13(14)11(2)3/h5-11H,4H2,1-3H3,(H,18,21)(H,19,22). The molecule has 6 heteroatoms. The highest BCUT2D eigenvalue weighted by Crippen LogP contribution is 2.23. The van der Waals surface area contributed by atoms with Crippen LogP contribution in [-0.2, 0) is 16.1 Å². The SMILES string of the molecule is CCn1cc(NC(=O)C(=O)Nc2ccccc2C(C)C)cn1. The van der Waals surface area contributed by atoms with E-state index in [0.29, 0.717) is 17.9 Å². The number of carbonyl (C=O) groups excluding carboxylic acids is 2. The van der Waals surface area contributed by atoms with Gasteiger partial charge < -0.3 is 10.6 Å². The Kier molecular flexibility index (Phi) is 4.93. The zero-order valence-electron chi connectivity index (χ0n) is 13.0. The van der Waals surface area contributed by atoms with Crippen LogP contribution in [0.2, 0.25) is 0 Å². The van der Waals surface area contributed by atoms with Gasteiger partial charge >= 0.3 is 11.8 Å². The Labute approximate surface area is 129 Å². The van der Waals surface area contributed by atoms with E-state index in [1.54, 1.807) is 16.9 Å². The minimum Gasteiger partial charge on any atom is -0.318 e. The Morgan fingerprint density at radius 1 is 1.18 bits per heavy atom. The quantitative estimate of drug-likeness (QED) is 0.852. The summed E-state index contributed by atoms with van der Waals surface area (Å²) in [4.78, 5) is 24.0. The minimum atomic E-state index is -0.714. The van der Waals surface area contributed by atoms with E-state index >= 15 is 0 Å². The molecule has 0 radical (unpaired) electrons. The molecule has 2 amide bonds. The fraction of sp³-hybridized carbons (Fsp3) is 0.312. The summed E-state index contributed by atoms with van der Waals surface area (Å²) >= 11 is 0. The second-order valence-electron chi connectivity index (χ2n) is 5.23. The van der Waals surface area contributed by atoms with E-state index in [9.17, 15) is 9.59 Å². The summed E-state index contributed by atoms with van der Waals surface area (Å²) in [7, 11) is 0. The molecule has 1 aromatic carbocycles. The number of nitrogens with zero attached hydrogens (tertiary/aromatic N) is 2. The van der Waals surface area contributed by atoms with Gasteiger partial charge in [0.15, 0.2) is 0 Å². The van der Waals surface area contributed by atoms with E-state index in [-0.39, 0.29) is 5.92 Å². The first-order valence-electron chi connectivity index (χ1n) is 7.25. The molecule has 22 heavy (non-hydrogen) atoms. The number of amides is 2. The minimum absolute atomic E-state index is 0.252. The Bertz CT molecular complexity index is 676. The molecule has 0 aliphatic rings. The van der Waals surface area contributed by atoms with Gasteiger partial charge in [-0.15, -0.1) is 0 Å². The molecule has 0 atom stereocenters. The van der Waals surface area contributed by atoms with Crippen LogP contribution in [0, 0.1) is 0 Å². The number of carbonyl (C=O) groups is 2. The Balaban J connectivity index is 2.04. The maximum Gasteiger partial charge on any atom is 0.314 e. The molecule has 0 saturated heterocycles. The zero-order valence-corrected chi connectivity index (χ0v) is 13.0. The number of anilines is 2. The van der Waals surface area contributed by atoms with E-state index in [4.69, 9.17) is 0 Å². The molecule has 0 fully saturated rings. The van der Waals surface area contributed by atoms with Crippen LogP contribution in [0.25, 0.3) is 0 Å². The van der Waals surface area contributed by atoms with Gasteiger partial charge in [0.1, 0.15) is 0 Å². The molecule has 2 N–H and O–H groups in total. The number of hydrogen-bond donors (Lipinski definition) is 2. The molecular formula is C16H20N4O2. The molecule has 0 spiro atoms. The lowest BCUT2D eigenvalue weighted by Crippen LogP contribution is -2.29. The molecule has 0 aliphatic carbocycles. The first kappa shape index (κ1) is 15.8. The molecule has 6 nitrogen and oxygen atoms in total. The van der Waals surface area contributed by atoms with Crippen molar-refractivity contribution in [1.29, 1.82) is 0 Å². The highest BCUT2D eigenvalue weighted by atomic mass is 16.2. The Morgan fingerprint density at radius 3 is 2.50 bits per heavy atom. The second kappa shape index (κ2) is 6.89. The third-order valence-corrected chi connectivity index (χ3v) is 3.25. The molecule has 0 unspecified atom stereocenters. The maximum atomic E-state index is 12.0. The highest BCUT2D eigenvalue weighted by molar-refractivity contribution is 6.43. The summed E-state index contributed by atoms with van der Waals surface area (Å²) in [5.74, 6) is -1.16. The largest absolute Gasteiger partial charge is 0.318 e. The monoisotopic (exact) mass is 300 g/mol. The third kappa shape index (κ3) is 3.72. The van der Waals surface area contributed by atoms with Crippen LogP contribution < -0.4 is 10.6 Å². The molecule has 0 saturated carbocycles. The fourth-order valence-electron chi connectivity index (χ4n) is 2.08. The van der Waals surface area contributed by atoms with Gasteiger partial charge in [-0.05, 0) is 24.5 Å². The van der Waals surface area contributed by atoms with Gasteiger partial charge in [-0.1, -0.05) is 32.0 Å². The van der Waals surface area contributed by atoms with Crippen LogP contribution in [0.3, 0.4) is 0 Å². The van der Waals surface area contributed by atoms with Gasteiger partial charge in [0.05, 0.1) is 11.9 Å². The van der Waals surface area contributed by atoms with Crippen LogP contribution >= 0.6 is 0 Å². The molecular weight excluding hydrogens is 280 g/mol. The Hall–Kier alpha value is -2.63. The number of nitrogens with one attached hydrogen (secondary N) is 2. The third-order valence-electron chi connectivity index (χ3n) is 3.25. The predicted molar refractivity (Wildman–Crippen MR) is 85.7 cm³/mol. The lowest BCUT2D eigenvalue weighted by molar-refractivity contribution is -0.133. The molecule has 2 rings (SSSR count). The number of hydrogen-bond acceptors (Lipinski definition) is 3. The molecule has 116 valence electrons. The smallest absolute Gasteiger partial charge is 0.314 e. The van der Waals surface area contributed by atoms with Crippen LogP contribution in [0.15, 0.2) is 36.7 Å². The average Bonchev–Trinajstić information content (AvgIpc) is 2.95. The maximum absolute atomic E-state index is 12.0. The van der Waals surface area contributed by atoms with Crippen molar-refractivity contribution < 1.29 is 9.59 Å². The molecule has 0 aliphatic heterocycles. The summed E-state index contributed by atoms with van der Waals surface area (Å²) in [6, 6.07) is 7.45. The van der Waals surface area contributed by atoms with Crippen molar-refractivity contribution in [3.05, 3.63) is 42.2 Å². The van der Waals surface area contributed by atoms with Crippen molar-refractivity contribution in [2.24, 2.45) is 0 Å². The predicted octanol–water partition coefficient (Wildman–Crippen LogP) is 2.60. The topological polar surface area (TPSA) is 76.0 Å². The van der Waals surface area contributed by atoms with E-state index < -0.39 is 11.8 Å². The van der Waals surface area contributed by atoms with Crippen molar-refractivity contribution >= 4 is 23.2 Å². The normalized spacial score (nSPS) is 10.5. The van der Waals surface area contributed by atoms with Gasteiger partial charge in [0.25, 0.3) is 0 Å². The van der Waals surface area contributed by atoms with Crippen molar-refractivity contribution in [2.75, 3.05) is 10.6 Å². The van der Waals surface area contributed by atoms with Crippen LogP contribution in [0.1, 0.15) is 32.3 Å². The summed E-state index contributed by atoms with van der Waals surface area (Å²) in [5, 5.41) is 9.22.